The maximum absolute atomic E-state index is 14.0. The molecule has 1 N–H and O–H groups in total. The van der Waals surface area contributed by atoms with Crippen molar-refractivity contribution in [3.63, 3.8) is 0 Å². The predicted octanol–water partition coefficient (Wildman–Crippen LogP) is 5.55. The van der Waals surface area contributed by atoms with Crippen LogP contribution in [0.2, 0.25) is 0 Å². The van der Waals surface area contributed by atoms with E-state index < -0.39 is 5.97 Å². The van der Waals surface area contributed by atoms with Gasteiger partial charge in [0.05, 0.1) is 16.6 Å². The third-order valence-electron chi connectivity index (χ3n) is 7.24. The van der Waals surface area contributed by atoms with Crippen molar-refractivity contribution in [1.29, 1.82) is 0 Å². The van der Waals surface area contributed by atoms with Gasteiger partial charge in [0.1, 0.15) is 11.5 Å². The molecule has 0 bridgehead atoms. The third-order valence-corrected chi connectivity index (χ3v) is 8.27. The number of hydrogen-bond donors (Lipinski definition) is 1. The molecule has 1 saturated heterocycles. The van der Waals surface area contributed by atoms with E-state index in [1.54, 1.807) is 6.20 Å². The quantitative estimate of drug-likeness (QED) is 0.445. The molecule has 1 amide bonds. The molecule has 8 heteroatoms. The second kappa shape index (κ2) is 12.3. The van der Waals surface area contributed by atoms with Gasteiger partial charge in [0.15, 0.2) is 0 Å². The Kier molecular flexibility index (Phi) is 9.11. The second-order valence-corrected chi connectivity index (χ2v) is 12.6. The van der Waals surface area contributed by atoms with Gasteiger partial charge in [0.2, 0.25) is 11.8 Å². The smallest absolute Gasteiger partial charge is 0.348 e. The summed E-state index contributed by atoms with van der Waals surface area (Å²) in [4.78, 5) is 35.6. The number of carbonyl (C=O) groups is 2. The van der Waals surface area contributed by atoms with Gasteiger partial charge in [-0.2, -0.15) is 0 Å². The normalized spacial score (nSPS) is 21.9. The minimum Gasteiger partial charge on any atom is -0.477 e. The largest absolute Gasteiger partial charge is 0.477 e. The zero-order valence-corrected chi connectivity index (χ0v) is 23.7. The number of aromatic carboxylic acids is 1. The topological polar surface area (TPSA) is 83.0 Å². The molecule has 1 saturated carbocycles. The van der Waals surface area contributed by atoms with Crippen LogP contribution in [0.4, 0.5) is 5.69 Å². The van der Waals surface area contributed by atoms with E-state index in [2.05, 4.69) is 28.6 Å². The number of hydrogen-bond acceptors (Lipinski definition) is 6. The fraction of sp³-hybridized carbons (Fsp3) is 0.567. The maximum Gasteiger partial charge on any atom is 0.348 e. The molecular formula is C30H39N3O4S. The van der Waals surface area contributed by atoms with Crippen LogP contribution in [0.25, 0.3) is 0 Å². The van der Waals surface area contributed by atoms with Crippen LogP contribution in [-0.2, 0) is 4.79 Å². The van der Waals surface area contributed by atoms with Crippen LogP contribution >= 0.6 is 11.3 Å². The fourth-order valence-corrected chi connectivity index (χ4v) is 6.00. The Morgan fingerprint density at radius 1 is 1.21 bits per heavy atom. The minimum absolute atomic E-state index is 0.0594. The number of amides is 1. The zero-order valence-electron chi connectivity index (χ0n) is 22.9. The van der Waals surface area contributed by atoms with Crippen LogP contribution in [0, 0.1) is 29.1 Å². The molecule has 2 aliphatic rings. The second-order valence-electron chi connectivity index (χ2n) is 11.6. The lowest BCUT2D eigenvalue weighted by atomic mass is 9.82. The van der Waals surface area contributed by atoms with Gasteiger partial charge >= 0.3 is 5.97 Å². The number of pyridine rings is 1. The standard InChI is InChI=1S/C30H39N3O4S/c1-21-8-10-22(11-9-21)28(34)33(25-19-24(12-14-30(2,3)4)38-27(25)29(35)36)23-13-16-32(20-23)17-18-37-26-7-5-6-15-31-26/h5-7,15,19,21-23H,8-11,13,16-18,20H2,1-4H3,(H,35,36)/t21?,22?,23-/m0/s1. The molecule has 0 radical (unpaired) electrons. The molecule has 1 atom stereocenters. The number of rotatable bonds is 8. The summed E-state index contributed by atoms with van der Waals surface area (Å²) >= 11 is 1.16. The Hall–Kier alpha value is -2.89. The molecule has 4 rings (SSSR count). The molecule has 3 heterocycles. The molecule has 1 aliphatic carbocycles. The zero-order chi connectivity index (χ0) is 27.3. The first-order valence-corrected chi connectivity index (χ1v) is 14.4. The molecule has 0 spiro atoms. The van der Waals surface area contributed by atoms with E-state index in [0.29, 0.717) is 42.1 Å². The van der Waals surface area contributed by atoms with Crippen LogP contribution in [-0.4, -0.2) is 59.1 Å². The summed E-state index contributed by atoms with van der Waals surface area (Å²) in [7, 11) is 0. The number of carboxylic acid groups (broad SMARTS) is 1. The first kappa shape index (κ1) is 28.1. The summed E-state index contributed by atoms with van der Waals surface area (Å²) in [5.74, 6) is 6.56. The van der Waals surface area contributed by atoms with E-state index in [-0.39, 0.29) is 28.2 Å². The van der Waals surface area contributed by atoms with Crippen LogP contribution in [0.15, 0.2) is 30.5 Å². The van der Waals surface area contributed by atoms with Crippen molar-refractivity contribution in [3.8, 4) is 17.7 Å². The van der Waals surface area contributed by atoms with E-state index in [1.807, 2.05) is 49.9 Å². The average Bonchev–Trinajstić information content (AvgIpc) is 3.51. The number of carbonyl (C=O) groups excluding carboxylic acids is 1. The van der Waals surface area contributed by atoms with Gasteiger partial charge in [-0.1, -0.05) is 24.8 Å². The van der Waals surface area contributed by atoms with Crippen molar-refractivity contribution in [3.05, 3.63) is 40.2 Å². The Labute approximate surface area is 230 Å². The van der Waals surface area contributed by atoms with Crippen LogP contribution in [0.1, 0.15) is 74.3 Å². The number of aromatic nitrogens is 1. The molecule has 2 aromatic rings. The number of thiophene rings is 1. The monoisotopic (exact) mass is 537 g/mol. The number of carboxylic acids is 1. The van der Waals surface area contributed by atoms with Crippen molar-refractivity contribution >= 4 is 28.9 Å². The average molecular weight is 538 g/mol. The SMILES string of the molecule is CC1CCC(C(=O)N(c2cc(C#CC(C)(C)C)sc2C(=O)O)[C@H]2CCN(CCOc3ccccn3)C2)CC1. The Morgan fingerprint density at radius 2 is 1.97 bits per heavy atom. The highest BCUT2D eigenvalue weighted by molar-refractivity contribution is 7.15. The van der Waals surface area contributed by atoms with Gasteiger partial charge in [0.25, 0.3) is 0 Å². The van der Waals surface area contributed by atoms with Gasteiger partial charge in [-0.05, 0) is 70.9 Å². The predicted molar refractivity (Wildman–Crippen MR) is 151 cm³/mol. The summed E-state index contributed by atoms with van der Waals surface area (Å²) in [5, 5.41) is 10.1. The summed E-state index contributed by atoms with van der Waals surface area (Å²) < 4.78 is 5.78. The lowest BCUT2D eigenvalue weighted by Crippen LogP contribution is -2.46. The van der Waals surface area contributed by atoms with E-state index in [0.717, 1.165) is 50.0 Å². The number of ether oxygens (including phenoxy) is 1. The van der Waals surface area contributed by atoms with Gasteiger partial charge in [-0.15, -0.1) is 11.3 Å². The fourth-order valence-electron chi connectivity index (χ4n) is 5.16. The summed E-state index contributed by atoms with van der Waals surface area (Å²) in [6, 6.07) is 7.32. The number of anilines is 1. The van der Waals surface area contributed by atoms with E-state index in [1.165, 1.54) is 0 Å². The van der Waals surface area contributed by atoms with E-state index in [4.69, 9.17) is 4.74 Å². The van der Waals surface area contributed by atoms with E-state index >= 15 is 0 Å². The first-order valence-electron chi connectivity index (χ1n) is 13.6. The molecule has 38 heavy (non-hydrogen) atoms. The van der Waals surface area contributed by atoms with Gasteiger partial charge in [-0.25, -0.2) is 9.78 Å². The number of nitrogens with zero attached hydrogens (tertiary/aromatic N) is 3. The number of likely N-dealkylation sites (tertiary alicyclic amines) is 1. The highest BCUT2D eigenvalue weighted by atomic mass is 32.1. The first-order chi connectivity index (χ1) is 18.1. The highest BCUT2D eigenvalue weighted by Crippen LogP contribution is 2.37. The molecule has 2 aromatic heterocycles. The van der Waals surface area contributed by atoms with Crippen molar-refractivity contribution in [2.75, 3.05) is 31.1 Å². The molecule has 204 valence electrons. The lowest BCUT2D eigenvalue weighted by molar-refractivity contribution is -0.124. The third kappa shape index (κ3) is 7.36. The Morgan fingerprint density at radius 3 is 2.63 bits per heavy atom. The highest BCUT2D eigenvalue weighted by Gasteiger charge is 2.38. The van der Waals surface area contributed by atoms with Crippen molar-refractivity contribution in [1.82, 2.24) is 9.88 Å². The maximum atomic E-state index is 14.0. The molecule has 0 unspecified atom stereocenters. The Bertz CT molecular complexity index is 1170. The molecule has 1 aliphatic heterocycles. The van der Waals surface area contributed by atoms with Crippen LogP contribution < -0.4 is 9.64 Å². The molecule has 0 aromatic carbocycles. The molecule has 2 fully saturated rings. The lowest BCUT2D eigenvalue weighted by Gasteiger charge is -2.34. The Balaban J connectivity index is 1.56. The summed E-state index contributed by atoms with van der Waals surface area (Å²) in [6.07, 6.45) is 6.27. The van der Waals surface area contributed by atoms with Crippen LogP contribution in [0.3, 0.4) is 0 Å². The molecular weight excluding hydrogens is 498 g/mol. The summed E-state index contributed by atoms with van der Waals surface area (Å²) in [6.45, 7) is 11.0. The van der Waals surface area contributed by atoms with Gasteiger partial charge < -0.3 is 14.7 Å². The van der Waals surface area contributed by atoms with Gasteiger partial charge in [0, 0.05) is 43.2 Å². The van der Waals surface area contributed by atoms with E-state index in [9.17, 15) is 14.7 Å². The van der Waals surface area contributed by atoms with Gasteiger partial charge in [-0.3, -0.25) is 9.69 Å². The van der Waals surface area contributed by atoms with Crippen molar-refractivity contribution in [2.24, 2.45) is 17.3 Å². The van der Waals surface area contributed by atoms with Crippen molar-refractivity contribution in [2.45, 2.75) is 65.8 Å². The minimum atomic E-state index is -1.01. The van der Waals surface area contributed by atoms with Crippen LogP contribution in [0.5, 0.6) is 5.88 Å². The molecule has 7 nitrogen and oxygen atoms in total. The van der Waals surface area contributed by atoms with Crippen molar-refractivity contribution < 1.29 is 19.4 Å². The summed E-state index contributed by atoms with van der Waals surface area (Å²) in [5.41, 5.74) is 0.298.